The third-order valence-corrected chi connectivity index (χ3v) is 2.61. The van der Waals surface area contributed by atoms with Crippen molar-refractivity contribution in [1.29, 1.82) is 0 Å². The fourth-order valence-corrected chi connectivity index (χ4v) is 1.70. The summed E-state index contributed by atoms with van der Waals surface area (Å²) in [6.07, 6.45) is 0. The first kappa shape index (κ1) is 13.7. The van der Waals surface area contributed by atoms with E-state index in [9.17, 15) is 4.79 Å². The molecule has 1 amide bonds. The SMILES string of the molecule is COCC(CN)NC(=O)c1ccc(C)cc1C. The lowest BCUT2D eigenvalue weighted by Crippen LogP contribution is -2.43. The number of carbonyl (C=O) groups excluding carboxylic acids is 1. The number of carbonyl (C=O) groups is 1. The summed E-state index contributed by atoms with van der Waals surface area (Å²) in [5.74, 6) is -0.102. The summed E-state index contributed by atoms with van der Waals surface area (Å²) in [4.78, 5) is 12.0. The zero-order chi connectivity index (χ0) is 12.8. The third kappa shape index (κ3) is 3.84. The molecule has 0 aromatic heterocycles. The average molecular weight is 236 g/mol. The summed E-state index contributed by atoms with van der Waals surface area (Å²) in [5, 5.41) is 2.86. The molecular weight excluding hydrogens is 216 g/mol. The van der Waals surface area contributed by atoms with E-state index >= 15 is 0 Å². The van der Waals surface area contributed by atoms with Crippen LogP contribution >= 0.6 is 0 Å². The molecule has 0 aliphatic heterocycles. The Kier molecular flexibility index (Phi) is 5.12. The highest BCUT2D eigenvalue weighted by molar-refractivity contribution is 5.95. The van der Waals surface area contributed by atoms with Crippen molar-refractivity contribution >= 4 is 5.91 Å². The summed E-state index contributed by atoms with van der Waals surface area (Å²) in [6, 6.07) is 5.60. The van der Waals surface area contributed by atoms with Crippen molar-refractivity contribution in [3.63, 3.8) is 0 Å². The van der Waals surface area contributed by atoms with E-state index < -0.39 is 0 Å². The molecule has 0 radical (unpaired) electrons. The minimum atomic E-state index is -0.145. The molecule has 1 aromatic rings. The number of benzene rings is 1. The highest BCUT2D eigenvalue weighted by Crippen LogP contribution is 2.10. The lowest BCUT2D eigenvalue weighted by atomic mass is 10.0. The fraction of sp³-hybridized carbons (Fsp3) is 0.462. The van der Waals surface area contributed by atoms with Crippen LogP contribution in [0.4, 0.5) is 0 Å². The molecule has 17 heavy (non-hydrogen) atoms. The van der Waals surface area contributed by atoms with E-state index in [-0.39, 0.29) is 11.9 Å². The Morgan fingerprint density at radius 3 is 2.71 bits per heavy atom. The zero-order valence-electron chi connectivity index (χ0n) is 10.6. The second-order valence-electron chi connectivity index (χ2n) is 4.18. The molecule has 0 spiro atoms. The molecule has 94 valence electrons. The third-order valence-electron chi connectivity index (χ3n) is 2.61. The number of hydrogen-bond donors (Lipinski definition) is 2. The molecule has 0 saturated heterocycles. The summed E-state index contributed by atoms with van der Waals surface area (Å²) in [5.41, 5.74) is 8.35. The first-order chi connectivity index (χ1) is 8.08. The maximum absolute atomic E-state index is 12.0. The van der Waals surface area contributed by atoms with Crippen LogP contribution in [-0.2, 0) is 4.74 Å². The topological polar surface area (TPSA) is 64.3 Å². The second kappa shape index (κ2) is 6.37. The van der Waals surface area contributed by atoms with Gasteiger partial charge >= 0.3 is 0 Å². The normalized spacial score (nSPS) is 12.2. The molecule has 1 atom stereocenters. The van der Waals surface area contributed by atoms with E-state index in [1.807, 2.05) is 32.0 Å². The van der Waals surface area contributed by atoms with Gasteiger partial charge in [0.2, 0.25) is 0 Å². The molecule has 4 nitrogen and oxygen atoms in total. The van der Waals surface area contributed by atoms with Crippen LogP contribution in [0.15, 0.2) is 18.2 Å². The van der Waals surface area contributed by atoms with Crippen molar-refractivity contribution in [1.82, 2.24) is 5.32 Å². The Hall–Kier alpha value is -1.39. The van der Waals surface area contributed by atoms with Gasteiger partial charge in [0.1, 0.15) is 0 Å². The van der Waals surface area contributed by atoms with Crippen LogP contribution in [-0.4, -0.2) is 32.2 Å². The van der Waals surface area contributed by atoms with Gasteiger partial charge in [0.15, 0.2) is 0 Å². The highest BCUT2D eigenvalue weighted by Gasteiger charge is 2.13. The summed E-state index contributed by atoms with van der Waals surface area (Å²) in [6.45, 7) is 4.72. The smallest absolute Gasteiger partial charge is 0.251 e. The Morgan fingerprint density at radius 2 is 2.18 bits per heavy atom. The van der Waals surface area contributed by atoms with Gasteiger partial charge in [-0.3, -0.25) is 4.79 Å². The second-order valence-corrected chi connectivity index (χ2v) is 4.18. The minimum Gasteiger partial charge on any atom is -0.383 e. The predicted molar refractivity (Wildman–Crippen MR) is 68.1 cm³/mol. The molecule has 0 aliphatic carbocycles. The molecule has 0 fully saturated rings. The number of rotatable bonds is 5. The fourth-order valence-electron chi connectivity index (χ4n) is 1.70. The number of nitrogens with two attached hydrogens (primary N) is 1. The van der Waals surface area contributed by atoms with E-state index in [0.717, 1.165) is 11.1 Å². The van der Waals surface area contributed by atoms with Gasteiger partial charge in [-0.2, -0.15) is 0 Å². The molecule has 1 rings (SSSR count). The van der Waals surface area contributed by atoms with Gasteiger partial charge in [0, 0.05) is 19.2 Å². The van der Waals surface area contributed by atoms with Crippen molar-refractivity contribution in [2.45, 2.75) is 19.9 Å². The Labute approximate surface area is 102 Å². The van der Waals surface area contributed by atoms with Gasteiger partial charge in [-0.15, -0.1) is 0 Å². The van der Waals surface area contributed by atoms with Crippen LogP contribution in [0.25, 0.3) is 0 Å². The Balaban J connectivity index is 2.75. The predicted octanol–water partition coefficient (Wildman–Crippen LogP) is 1.01. The van der Waals surface area contributed by atoms with Crippen LogP contribution in [0.5, 0.6) is 0 Å². The maximum atomic E-state index is 12.0. The van der Waals surface area contributed by atoms with Gasteiger partial charge in [0.25, 0.3) is 5.91 Å². The van der Waals surface area contributed by atoms with Crippen molar-refractivity contribution in [3.8, 4) is 0 Å². The summed E-state index contributed by atoms with van der Waals surface area (Å²) in [7, 11) is 1.59. The number of aryl methyl sites for hydroxylation is 2. The summed E-state index contributed by atoms with van der Waals surface area (Å²) < 4.78 is 4.99. The Bertz CT molecular complexity index is 391. The van der Waals surface area contributed by atoms with Gasteiger partial charge in [-0.05, 0) is 25.5 Å². The first-order valence-corrected chi connectivity index (χ1v) is 5.65. The van der Waals surface area contributed by atoms with Crippen molar-refractivity contribution in [3.05, 3.63) is 34.9 Å². The van der Waals surface area contributed by atoms with Crippen molar-refractivity contribution < 1.29 is 9.53 Å². The lowest BCUT2D eigenvalue weighted by molar-refractivity contribution is 0.0900. The van der Waals surface area contributed by atoms with Crippen molar-refractivity contribution in [2.24, 2.45) is 5.73 Å². The molecule has 0 bridgehead atoms. The number of amides is 1. The standard InChI is InChI=1S/C13H20N2O2/c1-9-4-5-12(10(2)6-9)13(16)15-11(7-14)8-17-3/h4-6,11H,7-8,14H2,1-3H3,(H,15,16). The molecular formula is C13H20N2O2. The van der Waals surface area contributed by atoms with Crippen molar-refractivity contribution in [2.75, 3.05) is 20.3 Å². The molecule has 4 heteroatoms. The quantitative estimate of drug-likeness (QED) is 0.802. The van der Waals surface area contributed by atoms with Gasteiger partial charge in [-0.1, -0.05) is 17.7 Å². The monoisotopic (exact) mass is 236 g/mol. The van der Waals surface area contributed by atoms with E-state index in [4.69, 9.17) is 10.5 Å². The molecule has 1 aromatic carbocycles. The van der Waals surface area contributed by atoms with E-state index in [0.29, 0.717) is 18.7 Å². The van der Waals surface area contributed by atoms with Gasteiger partial charge in [0.05, 0.1) is 12.6 Å². The molecule has 3 N–H and O–H groups in total. The Morgan fingerprint density at radius 1 is 1.47 bits per heavy atom. The molecule has 0 saturated carbocycles. The van der Waals surface area contributed by atoms with Gasteiger partial charge in [-0.25, -0.2) is 0 Å². The highest BCUT2D eigenvalue weighted by atomic mass is 16.5. The number of ether oxygens (including phenoxy) is 1. The zero-order valence-corrected chi connectivity index (χ0v) is 10.6. The van der Waals surface area contributed by atoms with Crippen LogP contribution in [0.3, 0.4) is 0 Å². The van der Waals surface area contributed by atoms with E-state index in [2.05, 4.69) is 5.32 Å². The maximum Gasteiger partial charge on any atom is 0.251 e. The largest absolute Gasteiger partial charge is 0.383 e. The van der Waals surface area contributed by atoms with Crippen LogP contribution in [0.1, 0.15) is 21.5 Å². The van der Waals surface area contributed by atoms with E-state index in [1.165, 1.54) is 0 Å². The number of methoxy groups -OCH3 is 1. The minimum absolute atomic E-state index is 0.102. The van der Waals surface area contributed by atoms with Crippen LogP contribution in [0, 0.1) is 13.8 Å². The lowest BCUT2D eigenvalue weighted by Gasteiger charge is -2.16. The van der Waals surface area contributed by atoms with Gasteiger partial charge < -0.3 is 15.8 Å². The van der Waals surface area contributed by atoms with Crippen LogP contribution < -0.4 is 11.1 Å². The molecule has 1 unspecified atom stereocenters. The van der Waals surface area contributed by atoms with Crippen LogP contribution in [0.2, 0.25) is 0 Å². The molecule has 0 aliphatic rings. The number of hydrogen-bond acceptors (Lipinski definition) is 3. The first-order valence-electron chi connectivity index (χ1n) is 5.65. The average Bonchev–Trinajstić information content (AvgIpc) is 2.28. The summed E-state index contributed by atoms with van der Waals surface area (Å²) >= 11 is 0. The molecule has 0 heterocycles. The van der Waals surface area contributed by atoms with E-state index in [1.54, 1.807) is 7.11 Å². The number of nitrogens with one attached hydrogen (secondary N) is 1.